The van der Waals surface area contributed by atoms with E-state index in [9.17, 15) is 0 Å². The fourth-order valence-corrected chi connectivity index (χ4v) is 2.40. The van der Waals surface area contributed by atoms with Gasteiger partial charge in [-0.1, -0.05) is 32.4 Å². The second-order valence-corrected chi connectivity index (χ2v) is 5.11. The molecule has 2 atom stereocenters. The van der Waals surface area contributed by atoms with Crippen LogP contribution in [-0.4, -0.2) is 19.1 Å². The third kappa shape index (κ3) is 2.32. The van der Waals surface area contributed by atoms with Crippen molar-refractivity contribution in [2.75, 3.05) is 13.0 Å². The van der Waals surface area contributed by atoms with Crippen LogP contribution in [0.4, 0.5) is 0 Å². The number of methoxy groups -OCH3 is 1. The lowest BCUT2D eigenvalue weighted by Crippen LogP contribution is -2.35. The maximum absolute atomic E-state index is 5.78. The van der Waals surface area contributed by atoms with Crippen LogP contribution in [0, 0.1) is 11.3 Å². The topological polar surface area (TPSA) is 9.23 Å². The fraction of sp³-hybridized carbons (Fsp3) is 0.833. The highest BCUT2D eigenvalue weighted by molar-refractivity contribution is 6.18. The van der Waals surface area contributed by atoms with E-state index < -0.39 is 0 Å². The van der Waals surface area contributed by atoms with Gasteiger partial charge < -0.3 is 4.74 Å². The molecular weight excluding hydrogens is 196 g/mol. The van der Waals surface area contributed by atoms with Crippen molar-refractivity contribution in [3.63, 3.8) is 0 Å². The maximum atomic E-state index is 5.78. The molecule has 0 saturated heterocycles. The molecule has 0 aromatic carbocycles. The van der Waals surface area contributed by atoms with Crippen molar-refractivity contribution in [3.8, 4) is 0 Å². The van der Waals surface area contributed by atoms with Crippen molar-refractivity contribution in [2.45, 2.75) is 39.7 Å². The third-order valence-corrected chi connectivity index (χ3v) is 3.93. The molecule has 2 heteroatoms. The summed E-state index contributed by atoms with van der Waals surface area (Å²) in [4.78, 5) is 0. The normalized spacial score (nSPS) is 34.8. The molecule has 1 rings (SSSR count). The van der Waals surface area contributed by atoms with Crippen LogP contribution in [0.1, 0.15) is 33.6 Å². The second-order valence-electron chi connectivity index (χ2n) is 4.80. The highest BCUT2D eigenvalue weighted by atomic mass is 35.5. The first-order chi connectivity index (χ1) is 6.52. The van der Waals surface area contributed by atoms with Gasteiger partial charge in [-0.25, -0.2) is 0 Å². The van der Waals surface area contributed by atoms with Gasteiger partial charge in [-0.2, -0.15) is 0 Å². The Bertz CT molecular complexity index is 220. The SMILES string of the molecule is COC1C/C(=C/CCl)C(C)(C)C(C)C1. The average Bonchev–Trinajstić information content (AvgIpc) is 2.13. The fourth-order valence-electron chi connectivity index (χ4n) is 2.22. The Hall–Kier alpha value is -0.0100. The van der Waals surface area contributed by atoms with Crippen LogP contribution in [0.3, 0.4) is 0 Å². The van der Waals surface area contributed by atoms with Gasteiger partial charge in [0.05, 0.1) is 6.10 Å². The van der Waals surface area contributed by atoms with Gasteiger partial charge in [0.15, 0.2) is 0 Å². The zero-order valence-corrected chi connectivity index (χ0v) is 10.4. The Balaban J connectivity index is 2.84. The summed E-state index contributed by atoms with van der Waals surface area (Å²) in [5.74, 6) is 1.28. The van der Waals surface area contributed by atoms with Crippen LogP contribution in [0.5, 0.6) is 0 Å². The molecule has 0 heterocycles. The summed E-state index contributed by atoms with van der Waals surface area (Å²) in [7, 11) is 1.80. The van der Waals surface area contributed by atoms with Crippen molar-refractivity contribution < 1.29 is 4.74 Å². The summed E-state index contributed by atoms with van der Waals surface area (Å²) in [5, 5.41) is 0. The Morgan fingerprint density at radius 2 is 2.21 bits per heavy atom. The molecule has 0 aliphatic heterocycles. The summed E-state index contributed by atoms with van der Waals surface area (Å²) >= 11 is 5.78. The minimum Gasteiger partial charge on any atom is -0.381 e. The van der Waals surface area contributed by atoms with Crippen molar-refractivity contribution in [1.82, 2.24) is 0 Å². The van der Waals surface area contributed by atoms with Crippen molar-refractivity contribution in [3.05, 3.63) is 11.6 Å². The van der Waals surface area contributed by atoms with E-state index in [-0.39, 0.29) is 5.41 Å². The zero-order valence-electron chi connectivity index (χ0n) is 9.64. The lowest BCUT2D eigenvalue weighted by atomic mass is 9.65. The molecule has 1 nitrogen and oxygen atoms in total. The van der Waals surface area contributed by atoms with E-state index >= 15 is 0 Å². The second kappa shape index (κ2) is 4.67. The molecule has 0 spiro atoms. The van der Waals surface area contributed by atoms with Crippen molar-refractivity contribution in [1.29, 1.82) is 0 Å². The van der Waals surface area contributed by atoms with E-state index in [1.54, 1.807) is 7.11 Å². The molecule has 82 valence electrons. The summed E-state index contributed by atoms with van der Waals surface area (Å²) in [6, 6.07) is 0. The highest BCUT2D eigenvalue weighted by Crippen LogP contribution is 2.45. The molecule has 0 aromatic heterocycles. The Labute approximate surface area is 92.5 Å². The van der Waals surface area contributed by atoms with Crippen LogP contribution >= 0.6 is 11.6 Å². The molecule has 1 aliphatic rings. The predicted octanol–water partition coefficient (Wildman–Crippen LogP) is 3.62. The molecule has 0 amide bonds. The smallest absolute Gasteiger partial charge is 0.0611 e. The van der Waals surface area contributed by atoms with Gasteiger partial charge >= 0.3 is 0 Å². The first-order valence-corrected chi connectivity index (χ1v) is 5.84. The van der Waals surface area contributed by atoms with E-state index in [1.165, 1.54) is 5.57 Å². The Morgan fingerprint density at radius 1 is 1.57 bits per heavy atom. The van der Waals surface area contributed by atoms with Gasteiger partial charge in [-0.05, 0) is 24.2 Å². The van der Waals surface area contributed by atoms with Crippen LogP contribution in [0.15, 0.2) is 11.6 Å². The van der Waals surface area contributed by atoms with Crippen LogP contribution in [0.25, 0.3) is 0 Å². The molecule has 0 radical (unpaired) electrons. The Kier molecular flexibility index (Phi) is 4.03. The van der Waals surface area contributed by atoms with E-state index in [2.05, 4.69) is 26.8 Å². The summed E-state index contributed by atoms with van der Waals surface area (Å²) < 4.78 is 5.45. The molecule has 14 heavy (non-hydrogen) atoms. The number of rotatable bonds is 2. The van der Waals surface area contributed by atoms with Gasteiger partial charge in [-0.15, -0.1) is 11.6 Å². The van der Waals surface area contributed by atoms with Gasteiger partial charge in [0.2, 0.25) is 0 Å². The Morgan fingerprint density at radius 3 is 2.71 bits per heavy atom. The average molecular weight is 217 g/mol. The number of hydrogen-bond acceptors (Lipinski definition) is 1. The van der Waals surface area contributed by atoms with Gasteiger partial charge in [-0.3, -0.25) is 0 Å². The largest absolute Gasteiger partial charge is 0.381 e. The van der Waals surface area contributed by atoms with E-state index in [0.717, 1.165) is 12.8 Å². The number of halogens is 1. The molecule has 1 saturated carbocycles. The van der Waals surface area contributed by atoms with Crippen LogP contribution < -0.4 is 0 Å². The van der Waals surface area contributed by atoms with Crippen LogP contribution in [0.2, 0.25) is 0 Å². The summed E-state index contributed by atoms with van der Waals surface area (Å²) in [5.41, 5.74) is 1.74. The highest BCUT2D eigenvalue weighted by Gasteiger charge is 2.37. The molecule has 1 fully saturated rings. The first-order valence-electron chi connectivity index (χ1n) is 5.30. The zero-order chi connectivity index (χ0) is 10.8. The monoisotopic (exact) mass is 216 g/mol. The van der Waals surface area contributed by atoms with Crippen LogP contribution in [-0.2, 0) is 4.74 Å². The molecular formula is C12H21ClO. The number of allylic oxidation sites excluding steroid dienone is 1. The molecule has 1 aliphatic carbocycles. The summed E-state index contributed by atoms with van der Waals surface area (Å²) in [6.45, 7) is 6.91. The van der Waals surface area contributed by atoms with E-state index in [1.807, 2.05) is 0 Å². The minimum absolute atomic E-state index is 0.282. The van der Waals surface area contributed by atoms with Gasteiger partial charge in [0, 0.05) is 13.0 Å². The lowest BCUT2D eigenvalue weighted by Gasteiger charge is -2.42. The predicted molar refractivity (Wildman–Crippen MR) is 61.8 cm³/mol. The van der Waals surface area contributed by atoms with Crippen molar-refractivity contribution in [2.24, 2.45) is 11.3 Å². The molecule has 0 aromatic rings. The van der Waals surface area contributed by atoms with Crippen molar-refractivity contribution >= 4 is 11.6 Å². The van der Waals surface area contributed by atoms with E-state index in [0.29, 0.717) is 17.9 Å². The quantitative estimate of drug-likeness (QED) is 0.506. The van der Waals surface area contributed by atoms with E-state index in [4.69, 9.17) is 16.3 Å². The number of ether oxygens (including phenoxy) is 1. The molecule has 0 bridgehead atoms. The summed E-state index contributed by atoms with van der Waals surface area (Å²) in [6.07, 6.45) is 4.74. The number of alkyl halides is 1. The number of hydrogen-bond donors (Lipinski definition) is 0. The molecule has 0 N–H and O–H groups in total. The van der Waals surface area contributed by atoms with Gasteiger partial charge in [0.1, 0.15) is 0 Å². The molecule has 2 unspecified atom stereocenters. The maximum Gasteiger partial charge on any atom is 0.0611 e. The first kappa shape index (κ1) is 12.1. The van der Waals surface area contributed by atoms with Gasteiger partial charge in [0.25, 0.3) is 0 Å². The third-order valence-electron chi connectivity index (χ3n) is 3.78. The lowest BCUT2D eigenvalue weighted by molar-refractivity contribution is 0.0372. The standard InChI is InChI=1S/C12H21ClO/c1-9-7-11(14-4)8-10(5-6-13)12(9,2)3/h5,9,11H,6-8H2,1-4H3/b10-5-. The minimum atomic E-state index is 0.282.